The van der Waals surface area contributed by atoms with Gasteiger partial charge in [-0.25, -0.2) is 0 Å². The van der Waals surface area contributed by atoms with E-state index in [0.717, 1.165) is 19.0 Å². The molecule has 2 aliphatic heterocycles. The Kier molecular flexibility index (Phi) is 10.3. The predicted molar refractivity (Wildman–Crippen MR) is 87.2 cm³/mol. The third kappa shape index (κ3) is 7.61. The zero-order valence-corrected chi connectivity index (χ0v) is 13.9. The highest BCUT2D eigenvalue weighted by atomic mass is 16.5. The Morgan fingerprint density at radius 2 is 1.15 bits per heavy atom. The highest BCUT2D eigenvalue weighted by molar-refractivity contribution is 4.75. The minimum atomic E-state index is 0.571. The number of hydrogen-bond acceptors (Lipinski definition) is 3. The lowest BCUT2D eigenvalue weighted by Gasteiger charge is -2.32. The Morgan fingerprint density at radius 1 is 0.700 bits per heavy atom. The van der Waals surface area contributed by atoms with Crippen LogP contribution in [0.5, 0.6) is 0 Å². The molecule has 2 heterocycles. The highest BCUT2D eigenvalue weighted by Crippen LogP contribution is 2.25. The lowest BCUT2D eigenvalue weighted by molar-refractivity contribution is -0.0617. The molecule has 0 bridgehead atoms. The van der Waals surface area contributed by atoms with Crippen molar-refractivity contribution in [1.82, 2.24) is 10.6 Å². The van der Waals surface area contributed by atoms with Crippen LogP contribution in [-0.2, 0) is 4.74 Å². The Morgan fingerprint density at radius 3 is 1.50 bits per heavy atom. The fourth-order valence-corrected chi connectivity index (χ4v) is 2.68. The SMILES string of the molecule is C1CC(OC2CCNCC2)C1.CC.CC1CCNCC1. The molecule has 2 N–H and O–H groups in total. The van der Waals surface area contributed by atoms with E-state index in [1.165, 1.54) is 58.0 Å². The molecular formula is C17H36N2O. The normalized spacial score (nSPS) is 24.8. The molecule has 0 aromatic rings. The largest absolute Gasteiger partial charge is 0.375 e. The summed E-state index contributed by atoms with van der Waals surface area (Å²) in [5, 5.41) is 6.66. The molecule has 0 amide bonds. The van der Waals surface area contributed by atoms with Crippen LogP contribution in [0.1, 0.15) is 65.7 Å². The molecule has 3 heteroatoms. The van der Waals surface area contributed by atoms with E-state index in [9.17, 15) is 0 Å². The average Bonchev–Trinajstić information content (AvgIpc) is 2.48. The van der Waals surface area contributed by atoms with E-state index in [2.05, 4.69) is 17.6 Å². The van der Waals surface area contributed by atoms with Gasteiger partial charge in [-0.2, -0.15) is 0 Å². The van der Waals surface area contributed by atoms with Crippen LogP contribution in [0.25, 0.3) is 0 Å². The maximum Gasteiger partial charge on any atom is 0.0603 e. The summed E-state index contributed by atoms with van der Waals surface area (Å²) in [6.45, 7) is 11.1. The fraction of sp³-hybridized carbons (Fsp3) is 1.00. The van der Waals surface area contributed by atoms with Gasteiger partial charge in [0.05, 0.1) is 12.2 Å². The molecule has 0 spiro atoms. The number of ether oxygens (including phenoxy) is 1. The van der Waals surface area contributed by atoms with E-state index < -0.39 is 0 Å². The van der Waals surface area contributed by atoms with E-state index in [-0.39, 0.29) is 0 Å². The van der Waals surface area contributed by atoms with Gasteiger partial charge in [-0.3, -0.25) is 0 Å². The molecule has 3 fully saturated rings. The van der Waals surface area contributed by atoms with Crippen LogP contribution in [0.15, 0.2) is 0 Å². The second-order valence-electron chi connectivity index (χ2n) is 6.07. The van der Waals surface area contributed by atoms with Crippen LogP contribution >= 0.6 is 0 Å². The Bertz CT molecular complexity index is 207. The molecular weight excluding hydrogens is 248 g/mol. The van der Waals surface area contributed by atoms with Gasteiger partial charge in [0.25, 0.3) is 0 Å². The minimum absolute atomic E-state index is 0.571. The fourth-order valence-electron chi connectivity index (χ4n) is 2.68. The molecule has 120 valence electrons. The summed E-state index contributed by atoms with van der Waals surface area (Å²) in [7, 11) is 0. The van der Waals surface area contributed by atoms with Gasteiger partial charge in [0.1, 0.15) is 0 Å². The van der Waals surface area contributed by atoms with Crippen LogP contribution in [-0.4, -0.2) is 38.4 Å². The molecule has 2 saturated heterocycles. The summed E-state index contributed by atoms with van der Waals surface area (Å²) < 4.78 is 5.89. The summed E-state index contributed by atoms with van der Waals surface area (Å²) >= 11 is 0. The standard InChI is InChI=1S/C9H17NO.C6H13N.C2H6/c1-2-8(3-1)11-9-4-6-10-7-5-9;1-6-2-4-7-5-3-6;1-2/h8-10H,1-7H2;6-7H,2-5H2,1H3;1-2H3. The van der Waals surface area contributed by atoms with Gasteiger partial charge in [-0.05, 0) is 77.0 Å². The molecule has 3 nitrogen and oxygen atoms in total. The highest BCUT2D eigenvalue weighted by Gasteiger charge is 2.23. The van der Waals surface area contributed by atoms with Gasteiger partial charge in [0, 0.05) is 0 Å². The topological polar surface area (TPSA) is 33.3 Å². The smallest absolute Gasteiger partial charge is 0.0603 e. The van der Waals surface area contributed by atoms with Crippen molar-refractivity contribution < 1.29 is 4.74 Å². The van der Waals surface area contributed by atoms with Crippen molar-refractivity contribution in [1.29, 1.82) is 0 Å². The van der Waals surface area contributed by atoms with Crippen molar-refractivity contribution in [2.75, 3.05) is 26.2 Å². The summed E-state index contributed by atoms with van der Waals surface area (Å²) in [4.78, 5) is 0. The van der Waals surface area contributed by atoms with E-state index >= 15 is 0 Å². The van der Waals surface area contributed by atoms with Crippen molar-refractivity contribution in [3.8, 4) is 0 Å². The van der Waals surface area contributed by atoms with E-state index in [4.69, 9.17) is 4.74 Å². The van der Waals surface area contributed by atoms with Crippen molar-refractivity contribution in [2.45, 2.75) is 77.9 Å². The minimum Gasteiger partial charge on any atom is -0.375 e. The monoisotopic (exact) mass is 284 g/mol. The predicted octanol–water partition coefficient (Wildman–Crippen LogP) is 3.34. The van der Waals surface area contributed by atoms with E-state index in [1.54, 1.807) is 0 Å². The zero-order chi connectivity index (χ0) is 14.6. The van der Waals surface area contributed by atoms with E-state index in [0.29, 0.717) is 12.2 Å². The third-order valence-electron chi connectivity index (χ3n) is 4.35. The number of piperidine rings is 2. The maximum atomic E-state index is 5.89. The molecule has 0 aromatic carbocycles. The summed E-state index contributed by atoms with van der Waals surface area (Å²) in [6.07, 6.45) is 10.4. The van der Waals surface area contributed by atoms with Crippen LogP contribution in [0.3, 0.4) is 0 Å². The lowest BCUT2D eigenvalue weighted by atomic mass is 9.95. The van der Waals surface area contributed by atoms with Crippen molar-refractivity contribution in [3.05, 3.63) is 0 Å². The number of rotatable bonds is 2. The van der Waals surface area contributed by atoms with Crippen LogP contribution in [0.4, 0.5) is 0 Å². The van der Waals surface area contributed by atoms with Gasteiger partial charge in [0.2, 0.25) is 0 Å². The van der Waals surface area contributed by atoms with Crippen LogP contribution in [0, 0.1) is 5.92 Å². The molecule has 1 saturated carbocycles. The van der Waals surface area contributed by atoms with Crippen molar-refractivity contribution >= 4 is 0 Å². The van der Waals surface area contributed by atoms with Gasteiger partial charge >= 0.3 is 0 Å². The van der Waals surface area contributed by atoms with Gasteiger partial charge in [-0.15, -0.1) is 0 Å². The molecule has 0 unspecified atom stereocenters. The third-order valence-corrected chi connectivity index (χ3v) is 4.35. The van der Waals surface area contributed by atoms with Crippen molar-refractivity contribution in [2.24, 2.45) is 5.92 Å². The lowest BCUT2D eigenvalue weighted by Crippen LogP contribution is -2.36. The summed E-state index contributed by atoms with van der Waals surface area (Å²) in [6, 6.07) is 0. The van der Waals surface area contributed by atoms with Gasteiger partial charge in [0.15, 0.2) is 0 Å². The zero-order valence-electron chi connectivity index (χ0n) is 13.9. The molecule has 0 aromatic heterocycles. The molecule has 0 radical (unpaired) electrons. The molecule has 1 aliphatic carbocycles. The average molecular weight is 284 g/mol. The van der Waals surface area contributed by atoms with E-state index in [1.807, 2.05) is 13.8 Å². The van der Waals surface area contributed by atoms with Gasteiger partial charge in [-0.1, -0.05) is 20.8 Å². The van der Waals surface area contributed by atoms with Crippen LogP contribution in [0.2, 0.25) is 0 Å². The molecule has 20 heavy (non-hydrogen) atoms. The second-order valence-corrected chi connectivity index (χ2v) is 6.07. The quantitative estimate of drug-likeness (QED) is 0.816. The Hall–Kier alpha value is -0.120. The molecule has 3 rings (SSSR count). The first-order valence-corrected chi connectivity index (χ1v) is 8.91. The summed E-state index contributed by atoms with van der Waals surface area (Å²) in [5.74, 6) is 0.973. The Labute approximate surface area is 126 Å². The van der Waals surface area contributed by atoms with Gasteiger partial charge < -0.3 is 15.4 Å². The first-order valence-electron chi connectivity index (χ1n) is 8.91. The van der Waals surface area contributed by atoms with Crippen LogP contribution < -0.4 is 10.6 Å². The summed E-state index contributed by atoms with van der Waals surface area (Å²) in [5.41, 5.74) is 0. The number of nitrogens with one attached hydrogen (secondary N) is 2. The molecule has 0 atom stereocenters. The maximum absolute atomic E-state index is 5.89. The first kappa shape index (κ1) is 17.9. The second kappa shape index (κ2) is 11.5. The number of hydrogen-bond donors (Lipinski definition) is 2. The molecule has 3 aliphatic rings. The Balaban J connectivity index is 0.000000193. The first-order chi connectivity index (χ1) is 9.84. The van der Waals surface area contributed by atoms with Crippen molar-refractivity contribution in [3.63, 3.8) is 0 Å².